The highest BCUT2D eigenvalue weighted by Crippen LogP contribution is 2.49. The van der Waals surface area contributed by atoms with E-state index in [-0.39, 0.29) is 18.3 Å². The maximum atomic E-state index is 13.6. The van der Waals surface area contributed by atoms with E-state index in [1.165, 1.54) is 56.0 Å². The Bertz CT molecular complexity index is 1210. The summed E-state index contributed by atoms with van der Waals surface area (Å²) in [7, 11) is 0. The highest BCUT2D eigenvalue weighted by atomic mass is 35.5. The second-order valence-corrected chi connectivity index (χ2v) is 13.4. The molecule has 1 amide bonds. The zero-order valence-corrected chi connectivity index (χ0v) is 25.5. The standard InChI is InChI=1S/C30H37ClN4OS2.ClH/c31-24-9-7-21(8-10-24)25-18-22(4-2-1-3-13-34-14-11-32-12-15-34)26(33-25)19-28-29(36)35(30(37)38-28)27-17-20-5-6-23(27)16-20;/h7-10,18-20,23,27,32-33H,1-6,11-17H2;1H/b28-19-;. The minimum absolute atomic E-state index is 0. The number of thioether (sulfide) groups is 1. The number of benzene rings is 1. The van der Waals surface area contributed by atoms with Gasteiger partial charge in [-0.3, -0.25) is 9.69 Å². The van der Waals surface area contributed by atoms with Crippen molar-refractivity contribution < 1.29 is 4.79 Å². The number of aromatic nitrogens is 1. The van der Waals surface area contributed by atoms with Crippen molar-refractivity contribution in [1.29, 1.82) is 0 Å². The number of carbonyl (C=O) groups excluding carboxylic acids is 1. The van der Waals surface area contributed by atoms with Gasteiger partial charge in [-0.25, -0.2) is 0 Å². The predicted octanol–water partition coefficient (Wildman–Crippen LogP) is 6.76. The molecule has 9 heteroatoms. The summed E-state index contributed by atoms with van der Waals surface area (Å²) in [6, 6.07) is 10.5. The van der Waals surface area contributed by atoms with Crippen LogP contribution in [0.1, 0.15) is 56.2 Å². The highest BCUT2D eigenvalue weighted by Gasteiger charge is 2.48. The van der Waals surface area contributed by atoms with Gasteiger partial charge in [0.1, 0.15) is 4.32 Å². The summed E-state index contributed by atoms with van der Waals surface area (Å²) in [5, 5.41) is 4.16. The van der Waals surface area contributed by atoms with Gasteiger partial charge in [0.25, 0.3) is 5.91 Å². The molecule has 2 N–H and O–H groups in total. The third kappa shape index (κ3) is 6.60. The number of fused-ring (bicyclic) bond motifs is 2. The minimum atomic E-state index is 0. The molecular formula is C30H38Cl2N4OS2. The summed E-state index contributed by atoms with van der Waals surface area (Å²) in [4.78, 5) is 22.5. The molecule has 4 aliphatic rings. The van der Waals surface area contributed by atoms with E-state index < -0.39 is 0 Å². The van der Waals surface area contributed by atoms with Gasteiger partial charge in [0, 0.05) is 48.6 Å². The Morgan fingerprint density at radius 2 is 1.87 bits per heavy atom. The first-order valence-electron chi connectivity index (χ1n) is 14.2. The quantitative estimate of drug-likeness (QED) is 0.188. The van der Waals surface area contributed by atoms with Crippen LogP contribution in [0.4, 0.5) is 0 Å². The van der Waals surface area contributed by atoms with Gasteiger partial charge < -0.3 is 15.2 Å². The number of nitrogens with one attached hydrogen (secondary N) is 2. The molecule has 1 aromatic heterocycles. The number of rotatable bonds is 9. The monoisotopic (exact) mass is 604 g/mol. The molecular weight excluding hydrogens is 567 g/mol. The van der Waals surface area contributed by atoms with Crippen LogP contribution in [-0.2, 0) is 11.2 Å². The average Bonchev–Trinajstić information content (AvgIpc) is 3.70. The maximum Gasteiger partial charge on any atom is 0.266 e. The van der Waals surface area contributed by atoms with Crippen molar-refractivity contribution in [3.63, 3.8) is 0 Å². The SMILES string of the molecule is Cl.O=C1/C(=C/c2[nH]c(-c3ccc(Cl)cc3)cc2CCCCCN2CCNCC2)SC(=S)N1C1CC2CCC1C2. The van der Waals surface area contributed by atoms with Crippen molar-refractivity contribution >= 4 is 64.3 Å². The van der Waals surface area contributed by atoms with Gasteiger partial charge in [-0.2, -0.15) is 0 Å². The van der Waals surface area contributed by atoms with Crippen LogP contribution in [0, 0.1) is 11.8 Å². The first kappa shape index (κ1) is 29.2. The third-order valence-electron chi connectivity index (χ3n) is 8.85. The first-order valence-corrected chi connectivity index (χ1v) is 15.8. The maximum absolute atomic E-state index is 13.6. The van der Waals surface area contributed by atoms with Crippen molar-refractivity contribution in [1.82, 2.24) is 20.1 Å². The number of aryl methyl sites for hydroxylation is 1. The van der Waals surface area contributed by atoms with E-state index in [1.54, 1.807) is 0 Å². The molecule has 2 aliphatic carbocycles. The third-order valence-corrected chi connectivity index (χ3v) is 10.4. The number of carbonyl (C=O) groups is 1. The van der Waals surface area contributed by atoms with Crippen LogP contribution >= 0.6 is 48.0 Å². The second kappa shape index (κ2) is 13.1. The van der Waals surface area contributed by atoms with Gasteiger partial charge >= 0.3 is 0 Å². The van der Waals surface area contributed by atoms with Crippen molar-refractivity contribution in [3.05, 3.63) is 51.5 Å². The van der Waals surface area contributed by atoms with Crippen LogP contribution in [0.3, 0.4) is 0 Å². The fraction of sp³-hybridized carbons (Fsp3) is 0.533. The van der Waals surface area contributed by atoms with Crippen molar-refractivity contribution in [2.24, 2.45) is 11.8 Å². The van der Waals surface area contributed by atoms with Gasteiger partial charge in [0.2, 0.25) is 0 Å². The van der Waals surface area contributed by atoms with Gasteiger partial charge in [-0.1, -0.05) is 60.6 Å². The Labute approximate surface area is 252 Å². The Morgan fingerprint density at radius 1 is 1.08 bits per heavy atom. The van der Waals surface area contributed by atoms with Crippen LogP contribution in [0.25, 0.3) is 17.3 Å². The van der Waals surface area contributed by atoms with E-state index in [0.29, 0.717) is 12.0 Å². The summed E-state index contributed by atoms with van der Waals surface area (Å²) in [6.07, 6.45) is 11.6. The minimum Gasteiger partial charge on any atom is -0.355 e. The van der Waals surface area contributed by atoms with E-state index in [9.17, 15) is 4.79 Å². The molecule has 0 radical (unpaired) electrons. The van der Waals surface area contributed by atoms with Gasteiger partial charge in [0.05, 0.1) is 4.91 Å². The Balaban J connectivity index is 0.00000308. The van der Waals surface area contributed by atoms with E-state index in [2.05, 4.69) is 27.3 Å². The molecule has 3 unspecified atom stereocenters. The molecule has 4 fully saturated rings. The number of hydrogen-bond donors (Lipinski definition) is 2. The lowest BCUT2D eigenvalue weighted by atomic mass is 9.94. The Hall–Kier alpha value is -1.35. The molecule has 2 saturated carbocycles. The number of piperazine rings is 1. The first-order chi connectivity index (χ1) is 18.5. The molecule has 6 rings (SSSR count). The number of halogens is 2. The zero-order chi connectivity index (χ0) is 26.1. The lowest BCUT2D eigenvalue weighted by Crippen LogP contribution is -2.43. The summed E-state index contributed by atoms with van der Waals surface area (Å²) in [5.41, 5.74) is 4.46. The van der Waals surface area contributed by atoms with E-state index in [0.717, 1.165) is 82.6 Å². The molecule has 5 nitrogen and oxygen atoms in total. The van der Waals surface area contributed by atoms with Crippen molar-refractivity contribution in [2.45, 2.75) is 57.4 Å². The van der Waals surface area contributed by atoms with Crippen molar-refractivity contribution in [2.75, 3.05) is 32.7 Å². The summed E-state index contributed by atoms with van der Waals surface area (Å²) in [5.74, 6) is 1.50. The fourth-order valence-corrected chi connectivity index (χ4v) is 8.30. The fourth-order valence-electron chi connectivity index (χ4n) is 6.82. The zero-order valence-electron chi connectivity index (χ0n) is 22.3. The number of H-pyrrole nitrogens is 1. The molecule has 3 atom stereocenters. The van der Waals surface area contributed by atoms with Crippen LogP contribution in [0.5, 0.6) is 0 Å². The number of amides is 1. The van der Waals surface area contributed by atoms with Crippen LogP contribution in [0.2, 0.25) is 5.02 Å². The summed E-state index contributed by atoms with van der Waals surface area (Å²) in [6.45, 7) is 5.71. The molecule has 39 heavy (non-hydrogen) atoms. The average molecular weight is 606 g/mol. The number of thiocarbonyl (C=S) groups is 1. The molecule has 1 aromatic carbocycles. The molecule has 3 heterocycles. The molecule has 2 saturated heterocycles. The van der Waals surface area contributed by atoms with Crippen molar-refractivity contribution in [3.8, 4) is 11.3 Å². The largest absolute Gasteiger partial charge is 0.355 e. The van der Waals surface area contributed by atoms with Crippen LogP contribution in [0.15, 0.2) is 35.2 Å². The molecule has 210 valence electrons. The number of unbranched alkanes of at least 4 members (excludes halogenated alkanes) is 2. The molecule has 2 bridgehead atoms. The number of hydrogen-bond acceptors (Lipinski definition) is 5. The second-order valence-electron chi connectivity index (χ2n) is 11.3. The highest BCUT2D eigenvalue weighted by molar-refractivity contribution is 8.26. The normalized spacial score (nSPS) is 26.1. The smallest absolute Gasteiger partial charge is 0.266 e. The summed E-state index contributed by atoms with van der Waals surface area (Å²) < 4.78 is 0.734. The summed E-state index contributed by atoms with van der Waals surface area (Å²) >= 11 is 13.4. The van der Waals surface area contributed by atoms with E-state index in [1.807, 2.05) is 29.2 Å². The van der Waals surface area contributed by atoms with Gasteiger partial charge in [-0.05, 0) is 92.3 Å². The number of aromatic amines is 1. The topological polar surface area (TPSA) is 51.4 Å². The molecule has 2 aromatic rings. The molecule has 0 spiro atoms. The van der Waals surface area contributed by atoms with Gasteiger partial charge in [-0.15, -0.1) is 12.4 Å². The van der Waals surface area contributed by atoms with Gasteiger partial charge in [0.15, 0.2) is 0 Å². The predicted molar refractivity (Wildman–Crippen MR) is 170 cm³/mol. The Morgan fingerprint density at radius 3 is 2.59 bits per heavy atom. The molecule has 2 aliphatic heterocycles. The van der Waals surface area contributed by atoms with E-state index >= 15 is 0 Å². The number of nitrogens with zero attached hydrogens (tertiary/aromatic N) is 2. The Kier molecular flexibility index (Phi) is 9.79. The van der Waals surface area contributed by atoms with E-state index in [4.69, 9.17) is 23.8 Å². The lowest BCUT2D eigenvalue weighted by Gasteiger charge is -2.30. The van der Waals surface area contributed by atoms with Crippen LogP contribution < -0.4 is 5.32 Å². The van der Waals surface area contributed by atoms with Crippen LogP contribution in [-0.4, -0.2) is 63.8 Å². The lowest BCUT2D eigenvalue weighted by molar-refractivity contribution is -0.124.